The maximum absolute atomic E-state index is 8.42. The molecule has 0 atom stereocenters. The molecule has 0 spiro atoms. The molecular formula is C12H8N6. The van der Waals surface area contributed by atoms with Gasteiger partial charge in [0.1, 0.15) is 0 Å². The summed E-state index contributed by atoms with van der Waals surface area (Å²) >= 11 is 0. The smallest absolute Gasteiger partial charge is 0.234 e. The Hall–Kier alpha value is -2.85. The van der Waals surface area contributed by atoms with Gasteiger partial charge in [0.25, 0.3) is 0 Å². The Morgan fingerprint density at radius 1 is 1.28 bits per heavy atom. The molecule has 0 saturated carbocycles. The molecule has 3 aromatic rings. The van der Waals surface area contributed by atoms with Gasteiger partial charge in [-0.25, -0.2) is 9.97 Å². The number of rotatable bonds is 2. The minimum absolute atomic E-state index is 0.569. The van der Waals surface area contributed by atoms with Crippen LogP contribution in [0.3, 0.4) is 0 Å². The first-order valence-electron chi connectivity index (χ1n) is 5.32. The Morgan fingerprint density at radius 2 is 2.22 bits per heavy atom. The third-order valence-electron chi connectivity index (χ3n) is 2.54. The summed E-state index contributed by atoms with van der Waals surface area (Å²) in [7, 11) is 0. The van der Waals surface area contributed by atoms with E-state index >= 15 is 0 Å². The first kappa shape index (κ1) is 10.3. The fraction of sp³-hybridized carbons (Fsp3) is 0. The van der Waals surface area contributed by atoms with Crippen LogP contribution in [0.15, 0.2) is 54.0 Å². The second-order valence-corrected chi connectivity index (χ2v) is 3.69. The van der Waals surface area contributed by atoms with E-state index in [0.29, 0.717) is 11.5 Å². The normalized spacial score (nSPS) is 10.2. The Kier molecular flexibility index (Phi) is 2.40. The van der Waals surface area contributed by atoms with Crippen LogP contribution in [0.25, 0.3) is 27.5 Å². The summed E-state index contributed by atoms with van der Waals surface area (Å²) in [4.78, 5) is 11.3. The second kappa shape index (κ2) is 4.20. The van der Waals surface area contributed by atoms with E-state index in [0.717, 1.165) is 11.3 Å². The monoisotopic (exact) mass is 236 g/mol. The molecule has 3 rings (SSSR count). The lowest BCUT2D eigenvalue weighted by Gasteiger charge is -1.96. The molecule has 0 fully saturated rings. The van der Waals surface area contributed by atoms with Gasteiger partial charge in [0.05, 0.1) is 5.69 Å². The summed E-state index contributed by atoms with van der Waals surface area (Å²) < 4.78 is 1.84. The molecule has 6 nitrogen and oxygen atoms in total. The Balaban J connectivity index is 2.13. The summed E-state index contributed by atoms with van der Waals surface area (Å²) in [6.45, 7) is 0. The van der Waals surface area contributed by atoms with Crippen LogP contribution in [0.5, 0.6) is 0 Å². The number of hydrogen-bond donors (Lipinski definition) is 0. The van der Waals surface area contributed by atoms with Crippen molar-refractivity contribution in [2.75, 3.05) is 0 Å². The molecule has 0 saturated heterocycles. The quantitative estimate of drug-likeness (QED) is 0.388. The van der Waals surface area contributed by atoms with Crippen LogP contribution in [-0.4, -0.2) is 14.4 Å². The summed E-state index contributed by atoms with van der Waals surface area (Å²) in [6, 6.07) is 9.13. The van der Waals surface area contributed by atoms with E-state index in [1.54, 1.807) is 18.3 Å². The average molecular weight is 236 g/mol. The van der Waals surface area contributed by atoms with Crippen molar-refractivity contribution < 1.29 is 0 Å². The standard InChI is InChI=1S/C12H8N6/c13-17-16-10-4-1-3-9(7-10)11-8-18-6-2-5-14-12(18)15-11/h1-8H. The van der Waals surface area contributed by atoms with Gasteiger partial charge in [0.15, 0.2) is 0 Å². The highest BCUT2D eigenvalue weighted by Crippen LogP contribution is 2.23. The van der Waals surface area contributed by atoms with Gasteiger partial charge in [-0.2, -0.15) is 0 Å². The van der Waals surface area contributed by atoms with Gasteiger partial charge in [0, 0.05) is 34.8 Å². The maximum Gasteiger partial charge on any atom is 0.234 e. The first-order chi connectivity index (χ1) is 8.86. The number of benzene rings is 1. The predicted molar refractivity (Wildman–Crippen MR) is 67.2 cm³/mol. The zero-order valence-electron chi connectivity index (χ0n) is 9.30. The van der Waals surface area contributed by atoms with Crippen molar-refractivity contribution in [1.29, 1.82) is 0 Å². The molecule has 6 heteroatoms. The number of azide groups is 1. The minimum Gasteiger partial charge on any atom is -0.291 e. The number of fused-ring (bicyclic) bond motifs is 1. The molecule has 0 aliphatic heterocycles. The molecule has 1 aromatic carbocycles. The molecule has 0 bridgehead atoms. The van der Waals surface area contributed by atoms with E-state index in [9.17, 15) is 0 Å². The highest BCUT2D eigenvalue weighted by molar-refractivity contribution is 5.65. The minimum atomic E-state index is 0.569. The van der Waals surface area contributed by atoms with Crippen molar-refractivity contribution in [2.24, 2.45) is 5.11 Å². The van der Waals surface area contributed by atoms with Crippen LogP contribution in [0, 0.1) is 0 Å². The van der Waals surface area contributed by atoms with Crippen LogP contribution >= 0.6 is 0 Å². The summed E-state index contributed by atoms with van der Waals surface area (Å²) in [5.41, 5.74) is 10.7. The molecule has 18 heavy (non-hydrogen) atoms. The van der Waals surface area contributed by atoms with Crippen molar-refractivity contribution in [3.63, 3.8) is 0 Å². The maximum atomic E-state index is 8.42. The van der Waals surface area contributed by atoms with E-state index in [1.807, 2.05) is 35.0 Å². The SMILES string of the molecule is [N-]=[N+]=Nc1cccc(-c2cn3cccnc3n2)c1. The van der Waals surface area contributed by atoms with Crippen LogP contribution in [0.4, 0.5) is 5.69 Å². The largest absolute Gasteiger partial charge is 0.291 e. The van der Waals surface area contributed by atoms with Crippen molar-refractivity contribution in [1.82, 2.24) is 14.4 Å². The lowest BCUT2D eigenvalue weighted by molar-refractivity contribution is 1.11. The molecule has 2 aromatic heterocycles. The van der Waals surface area contributed by atoms with Crippen molar-refractivity contribution in [3.05, 3.63) is 59.4 Å². The molecule has 0 radical (unpaired) electrons. The lowest BCUT2D eigenvalue weighted by Crippen LogP contribution is -1.82. The number of imidazole rings is 1. The molecule has 86 valence electrons. The second-order valence-electron chi connectivity index (χ2n) is 3.69. The van der Waals surface area contributed by atoms with E-state index in [1.165, 1.54) is 0 Å². The fourth-order valence-corrected chi connectivity index (χ4v) is 1.75. The zero-order valence-corrected chi connectivity index (χ0v) is 9.30. The van der Waals surface area contributed by atoms with Crippen molar-refractivity contribution in [3.8, 4) is 11.3 Å². The molecule has 2 heterocycles. The van der Waals surface area contributed by atoms with Crippen LogP contribution in [0.1, 0.15) is 0 Å². The van der Waals surface area contributed by atoms with Gasteiger partial charge in [-0.05, 0) is 17.7 Å². The molecule has 0 N–H and O–H groups in total. The highest BCUT2D eigenvalue weighted by Gasteiger charge is 2.04. The highest BCUT2D eigenvalue weighted by atomic mass is 15.1. The van der Waals surface area contributed by atoms with Gasteiger partial charge in [-0.3, -0.25) is 4.40 Å². The number of nitrogens with zero attached hydrogens (tertiary/aromatic N) is 6. The summed E-state index contributed by atoms with van der Waals surface area (Å²) in [6.07, 6.45) is 5.47. The van der Waals surface area contributed by atoms with E-state index in [2.05, 4.69) is 20.0 Å². The first-order valence-corrected chi connectivity index (χ1v) is 5.32. The summed E-state index contributed by atoms with van der Waals surface area (Å²) in [5.74, 6) is 0.640. The van der Waals surface area contributed by atoms with E-state index in [-0.39, 0.29) is 0 Å². The third-order valence-corrected chi connectivity index (χ3v) is 2.54. The molecular weight excluding hydrogens is 228 g/mol. The summed E-state index contributed by atoms with van der Waals surface area (Å²) in [5, 5.41) is 3.58. The van der Waals surface area contributed by atoms with E-state index in [4.69, 9.17) is 5.53 Å². The van der Waals surface area contributed by atoms with Gasteiger partial charge >= 0.3 is 0 Å². The van der Waals surface area contributed by atoms with Crippen LogP contribution < -0.4 is 0 Å². The van der Waals surface area contributed by atoms with Crippen LogP contribution in [-0.2, 0) is 0 Å². The number of aromatic nitrogens is 3. The van der Waals surface area contributed by atoms with Crippen molar-refractivity contribution >= 4 is 11.5 Å². The van der Waals surface area contributed by atoms with Crippen molar-refractivity contribution in [2.45, 2.75) is 0 Å². The fourth-order valence-electron chi connectivity index (χ4n) is 1.75. The predicted octanol–water partition coefficient (Wildman–Crippen LogP) is 3.34. The van der Waals surface area contributed by atoms with E-state index < -0.39 is 0 Å². The lowest BCUT2D eigenvalue weighted by atomic mass is 10.1. The third kappa shape index (κ3) is 1.77. The molecule has 0 aliphatic carbocycles. The van der Waals surface area contributed by atoms with Gasteiger partial charge in [-0.1, -0.05) is 23.3 Å². The Morgan fingerprint density at radius 3 is 3.06 bits per heavy atom. The Bertz CT molecular complexity index is 721. The van der Waals surface area contributed by atoms with Gasteiger partial charge < -0.3 is 0 Å². The van der Waals surface area contributed by atoms with Crippen LogP contribution in [0.2, 0.25) is 0 Å². The molecule has 0 unspecified atom stereocenters. The zero-order chi connectivity index (χ0) is 12.4. The number of hydrogen-bond acceptors (Lipinski definition) is 3. The van der Waals surface area contributed by atoms with Gasteiger partial charge in [0.2, 0.25) is 5.78 Å². The topological polar surface area (TPSA) is 79.0 Å². The molecule has 0 aliphatic rings. The average Bonchev–Trinajstić information content (AvgIpc) is 2.83. The molecule has 0 amide bonds. The van der Waals surface area contributed by atoms with Gasteiger partial charge in [-0.15, -0.1) is 0 Å². The Labute approximate surface area is 102 Å².